The molecule has 0 N–H and O–H groups in total. The third-order valence-electron chi connectivity index (χ3n) is 5.42. The van der Waals surface area contributed by atoms with Crippen LogP contribution in [0.5, 0.6) is 0 Å². The van der Waals surface area contributed by atoms with E-state index in [1.807, 2.05) is 17.0 Å². The molecule has 130 valence electrons. The minimum Gasteiger partial charge on any atom is -0.337 e. The lowest BCUT2D eigenvalue weighted by Gasteiger charge is -2.32. The minimum absolute atomic E-state index is 0.150. The third-order valence-corrected chi connectivity index (χ3v) is 5.42. The van der Waals surface area contributed by atoms with Gasteiger partial charge in [-0.15, -0.1) is 0 Å². The second-order valence-electron chi connectivity index (χ2n) is 7.02. The highest BCUT2D eigenvalue weighted by Crippen LogP contribution is 2.32. The maximum Gasteiger partial charge on any atom is 0.237 e. The Morgan fingerprint density at radius 2 is 1.92 bits per heavy atom. The summed E-state index contributed by atoms with van der Waals surface area (Å²) < 4.78 is 13.5. The van der Waals surface area contributed by atoms with Gasteiger partial charge >= 0.3 is 0 Å². The first kappa shape index (κ1) is 16.3. The molecule has 0 spiro atoms. The van der Waals surface area contributed by atoms with Gasteiger partial charge in [0.2, 0.25) is 5.91 Å². The molecule has 0 aromatic heterocycles. The maximum absolute atomic E-state index is 13.5. The smallest absolute Gasteiger partial charge is 0.237 e. The molecule has 0 bridgehead atoms. The van der Waals surface area contributed by atoms with E-state index < -0.39 is 0 Å². The predicted octanol–water partition coefficient (Wildman–Crippen LogP) is 3.55. The van der Waals surface area contributed by atoms with E-state index in [-0.39, 0.29) is 17.8 Å². The van der Waals surface area contributed by atoms with Crippen LogP contribution in [0.1, 0.15) is 35.6 Å². The number of fused-ring (bicyclic) bond motifs is 1. The average molecular weight is 338 g/mol. The topological polar surface area (TPSA) is 23.6 Å². The molecule has 2 heterocycles. The van der Waals surface area contributed by atoms with Crippen molar-refractivity contribution in [1.29, 1.82) is 0 Å². The first-order chi connectivity index (χ1) is 12.2. The Kier molecular flexibility index (Phi) is 4.53. The van der Waals surface area contributed by atoms with Crippen LogP contribution >= 0.6 is 0 Å². The van der Waals surface area contributed by atoms with E-state index in [1.165, 1.54) is 17.2 Å². The molecule has 2 aromatic carbocycles. The third kappa shape index (κ3) is 3.45. The quantitative estimate of drug-likeness (QED) is 0.854. The molecule has 2 aliphatic rings. The van der Waals surface area contributed by atoms with Gasteiger partial charge in [0.15, 0.2) is 0 Å². The van der Waals surface area contributed by atoms with Crippen molar-refractivity contribution in [3.63, 3.8) is 0 Å². The van der Waals surface area contributed by atoms with E-state index in [1.54, 1.807) is 12.1 Å². The highest BCUT2D eigenvalue weighted by molar-refractivity contribution is 5.78. The maximum atomic E-state index is 13.5. The van der Waals surface area contributed by atoms with Gasteiger partial charge in [0, 0.05) is 19.1 Å². The number of halogens is 1. The van der Waals surface area contributed by atoms with Crippen molar-refractivity contribution in [3.05, 3.63) is 71.0 Å². The van der Waals surface area contributed by atoms with Crippen LogP contribution in [-0.4, -0.2) is 35.3 Å². The molecule has 0 aliphatic carbocycles. The number of rotatable bonds is 3. The molecule has 1 saturated heterocycles. The van der Waals surface area contributed by atoms with Crippen LogP contribution in [0.15, 0.2) is 48.5 Å². The van der Waals surface area contributed by atoms with Crippen molar-refractivity contribution < 1.29 is 9.18 Å². The molecule has 1 atom stereocenters. The zero-order chi connectivity index (χ0) is 17.2. The van der Waals surface area contributed by atoms with Crippen molar-refractivity contribution in [3.8, 4) is 0 Å². The van der Waals surface area contributed by atoms with Crippen molar-refractivity contribution in [1.82, 2.24) is 9.80 Å². The molecular weight excluding hydrogens is 315 g/mol. The van der Waals surface area contributed by atoms with E-state index in [2.05, 4.69) is 23.1 Å². The van der Waals surface area contributed by atoms with Crippen molar-refractivity contribution >= 4 is 5.91 Å². The number of nitrogens with zero attached hydrogens (tertiary/aromatic N) is 2. The standard InChI is InChI=1S/C21H23FN2O/c22-19-8-3-7-17(13-19)20-9-4-11-23(20)15-21(25)24-12-10-16-5-1-2-6-18(16)14-24/h1-3,5-8,13,20H,4,9-12,14-15H2. The first-order valence-corrected chi connectivity index (χ1v) is 9.05. The zero-order valence-electron chi connectivity index (χ0n) is 14.3. The van der Waals surface area contributed by atoms with E-state index in [4.69, 9.17) is 0 Å². The number of likely N-dealkylation sites (tertiary alicyclic amines) is 1. The van der Waals surface area contributed by atoms with Crippen LogP contribution in [0.4, 0.5) is 4.39 Å². The Hall–Kier alpha value is -2.20. The highest BCUT2D eigenvalue weighted by Gasteiger charge is 2.30. The molecule has 3 nitrogen and oxygen atoms in total. The first-order valence-electron chi connectivity index (χ1n) is 9.05. The minimum atomic E-state index is -0.205. The number of carbonyl (C=O) groups is 1. The molecule has 1 fully saturated rings. The van der Waals surface area contributed by atoms with Crippen LogP contribution in [0.25, 0.3) is 0 Å². The lowest BCUT2D eigenvalue weighted by molar-refractivity contribution is -0.133. The van der Waals surface area contributed by atoms with Crippen LogP contribution in [-0.2, 0) is 17.8 Å². The van der Waals surface area contributed by atoms with Gasteiger partial charge in [-0.1, -0.05) is 36.4 Å². The number of hydrogen-bond donors (Lipinski definition) is 0. The zero-order valence-corrected chi connectivity index (χ0v) is 14.3. The molecule has 25 heavy (non-hydrogen) atoms. The summed E-state index contributed by atoms with van der Waals surface area (Å²) in [4.78, 5) is 17.0. The monoisotopic (exact) mass is 338 g/mol. The molecule has 2 aromatic rings. The Morgan fingerprint density at radius 1 is 1.08 bits per heavy atom. The molecule has 1 unspecified atom stereocenters. The van der Waals surface area contributed by atoms with Crippen LogP contribution in [0.3, 0.4) is 0 Å². The highest BCUT2D eigenvalue weighted by atomic mass is 19.1. The van der Waals surface area contributed by atoms with Gasteiger partial charge in [-0.05, 0) is 54.6 Å². The summed E-state index contributed by atoms with van der Waals surface area (Å²) in [6, 6.07) is 15.3. The Bertz CT molecular complexity index is 776. The van der Waals surface area contributed by atoms with Gasteiger partial charge in [-0.2, -0.15) is 0 Å². The number of hydrogen-bond acceptors (Lipinski definition) is 2. The summed E-state index contributed by atoms with van der Waals surface area (Å²) in [5, 5.41) is 0. The normalized spacial score (nSPS) is 20.5. The van der Waals surface area contributed by atoms with E-state index in [0.717, 1.165) is 37.9 Å². The second-order valence-corrected chi connectivity index (χ2v) is 7.02. The van der Waals surface area contributed by atoms with Gasteiger partial charge in [0.05, 0.1) is 6.54 Å². The molecule has 4 rings (SSSR count). The summed E-state index contributed by atoms with van der Waals surface area (Å²) in [5.74, 6) is -0.0267. The molecule has 0 saturated carbocycles. The second kappa shape index (κ2) is 6.96. The molecular formula is C21H23FN2O. The number of benzene rings is 2. The summed E-state index contributed by atoms with van der Waals surface area (Å²) >= 11 is 0. The lowest BCUT2D eigenvalue weighted by Crippen LogP contribution is -2.42. The van der Waals surface area contributed by atoms with Crippen molar-refractivity contribution in [2.75, 3.05) is 19.6 Å². The van der Waals surface area contributed by atoms with Gasteiger partial charge in [0.25, 0.3) is 0 Å². The Balaban J connectivity index is 1.44. The van der Waals surface area contributed by atoms with E-state index in [0.29, 0.717) is 13.1 Å². The van der Waals surface area contributed by atoms with E-state index in [9.17, 15) is 9.18 Å². The summed E-state index contributed by atoms with van der Waals surface area (Å²) in [6.07, 6.45) is 2.96. The van der Waals surface area contributed by atoms with Gasteiger partial charge in [-0.25, -0.2) is 4.39 Å². The Labute approximate surface area is 148 Å². The van der Waals surface area contributed by atoms with Gasteiger partial charge < -0.3 is 4.90 Å². The van der Waals surface area contributed by atoms with Crippen LogP contribution in [0.2, 0.25) is 0 Å². The average Bonchev–Trinajstić information content (AvgIpc) is 3.09. The molecule has 2 aliphatic heterocycles. The van der Waals surface area contributed by atoms with E-state index >= 15 is 0 Å². The number of amides is 1. The molecule has 0 radical (unpaired) electrons. The number of carbonyl (C=O) groups excluding carboxylic acids is 1. The van der Waals surface area contributed by atoms with Crippen molar-refractivity contribution in [2.24, 2.45) is 0 Å². The van der Waals surface area contributed by atoms with Crippen LogP contribution < -0.4 is 0 Å². The van der Waals surface area contributed by atoms with Crippen LogP contribution in [0, 0.1) is 5.82 Å². The SMILES string of the molecule is O=C(CN1CCCC1c1cccc(F)c1)N1CCc2ccccc2C1. The fraction of sp³-hybridized carbons (Fsp3) is 0.381. The molecule has 1 amide bonds. The van der Waals surface area contributed by atoms with Gasteiger partial charge in [-0.3, -0.25) is 9.69 Å². The lowest BCUT2D eigenvalue weighted by atomic mass is 10.00. The predicted molar refractivity (Wildman–Crippen MR) is 95.5 cm³/mol. The fourth-order valence-electron chi connectivity index (χ4n) is 4.09. The Morgan fingerprint density at radius 3 is 2.76 bits per heavy atom. The molecule has 4 heteroatoms. The summed E-state index contributed by atoms with van der Waals surface area (Å²) in [5.41, 5.74) is 3.59. The largest absolute Gasteiger partial charge is 0.337 e. The summed E-state index contributed by atoms with van der Waals surface area (Å²) in [6.45, 7) is 2.81. The van der Waals surface area contributed by atoms with Crippen molar-refractivity contribution in [2.45, 2.75) is 31.8 Å². The van der Waals surface area contributed by atoms with Gasteiger partial charge in [0.1, 0.15) is 5.82 Å². The summed E-state index contributed by atoms with van der Waals surface area (Å²) in [7, 11) is 0. The fourth-order valence-corrected chi connectivity index (χ4v) is 4.09.